The van der Waals surface area contributed by atoms with E-state index in [2.05, 4.69) is 27.2 Å². The number of aromatic nitrogens is 2. The number of methoxy groups -OCH3 is 2. The molecule has 0 fully saturated rings. The molecule has 0 spiro atoms. The molecular formula is C25H24N4O3S. The number of ether oxygens (including phenoxy) is 2. The van der Waals surface area contributed by atoms with E-state index in [1.54, 1.807) is 20.3 Å². The van der Waals surface area contributed by atoms with Crippen LogP contribution in [0.25, 0.3) is 11.0 Å². The fourth-order valence-corrected chi connectivity index (χ4v) is 4.24. The number of fused-ring (bicyclic) bond motifs is 1. The predicted molar refractivity (Wildman–Crippen MR) is 131 cm³/mol. The highest BCUT2D eigenvalue weighted by atomic mass is 32.2. The second-order valence-electron chi connectivity index (χ2n) is 7.12. The van der Waals surface area contributed by atoms with Gasteiger partial charge < -0.3 is 14.0 Å². The Morgan fingerprint density at radius 3 is 2.61 bits per heavy atom. The zero-order valence-corrected chi connectivity index (χ0v) is 19.2. The number of carbonyl (C=O) groups excluding carboxylic acids is 1. The van der Waals surface area contributed by atoms with Crippen molar-refractivity contribution < 1.29 is 14.3 Å². The minimum Gasteiger partial charge on any atom is -0.493 e. The standard InChI is InChI=1S/C25H24N4O3S/c1-31-22-14-8-11-19(24(22)32-2)15-26-28-23(30)17-33-25-27-20-12-6-7-13-21(20)29(25)16-18-9-4-3-5-10-18/h3-15H,16-17H2,1-2H3,(H,28,30). The summed E-state index contributed by atoms with van der Waals surface area (Å²) in [5.41, 5.74) is 6.38. The third kappa shape index (κ3) is 5.35. The van der Waals surface area contributed by atoms with Gasteiger partial charge in [-0.2, -0.15) is 5.10 Å². The number of imidazole rings is 1. The molecule has 0 aliphatic rings. The normalized spacial score (nSPS) is 11.1. The number of benzene rings is 3. The molecule has 0 unspecified atom stereocenters. The van der Waals surface area contributed by atoms with Crippen LogP contribution in [0.1, 0.15) is 11.1 Å². The summed E-state index contributed by atoms with van der Waals surface area (Å²) in [6.07, 6.45) is 1.54. The highest BCUT2D eigenvalue weighted by Crippen LogP contribution is 2.29. The molecule has 0 aliphatic carbocycles. The van der Waals surface area contributed by atoms with Crippen molar-refractivity contribution in [3.63, 3.8) is 0 Å². The van der Waals surface area contributed by atoms with Crippen molar-refractivity contribution in [2.75, 3.05) is 20.0 Å². The highest BCUT2D eigenvalue weighted by molar-refractivity contribution is 7.99. The van der Waals surface area contributed by atoms with Crippen molar-refractivity contribution in [3.8, 4) is 11.5 Å². The fourth-order valence-electron chi connectivity index (χ4n) is 3.43. The van der Waals surface area contributed by atoms with Crippen molar-refractivity contribution in [1.29, 1.82) is 0 Å². The van der Waals surface area contributed by atoms with Gasteiger partial charge in [-0.25, -0.2) is 10.4 Å². The summed E-state index contributed by atoms with van der Waals surface area (Å²) < 4.78 is 12.8. The van der Waals surface area contributed by atoms with Crippen molar-refractivity contribution in [2.24, 2.45) is 5.10 Å². The Kier molecular flexibility index (Phi) is 7.26. The number of para-hydroxylation sites is 3. The van der Waals surface area contributed by atoms with E-state index in [0.717, 1.165) is 16.2 Å². The molecule has 0 saturated heterocycles. The van der Waals surface area contributed by atoms with E-state index in [9.17, 15) is 4.79 Å². The van der Waals surface area contributed by atoms with Gasteiger partial charge in [-0.15, -0.1) is 0 Å². The number of hydrazone groups is 1. The number of amides is 1. The smallest absolute Gasteiger partial charge is 0.250 e. The van der Waals surface area contributed by atoms with E-state index in [-0.39, 0.29) is 11.7 Å². The van der Waals surface area contributed by atoms with Crippen molar-refractivity contribution in [1.82, 2.24) is 15.0 Å². The molecule has 1 amide bonds. The average molecular weight is 461 g/mol. The summed E-state index contributed by atoms with van der Waals surface area (Å²) in [4.78, 5) is 17.2. The third-order valence-electron chi connectivity index (χ3n) is 4.96. The van der Waals surface area contributed by atoms with Crippen LogP contribution in [0.2, 0.25) is 0 Å². The molecule has 0 saturated carbocycles. The molecule has 4 rings (SSSR count). The van der Waals surface area contributed by atoms with Crippen LogP contribution in [-0.4, -0.2) is 41.6 Å². The molecule has 0 bridgehead atoms. The lowest BCUT2D eigenvalue weighted by Gasteiger charge is -2.09. The topological polar surface area (TPSA) is 77.7 Å². The largest absolute Gasteiger partial charge is 0.493 e. The van der Waals surface area contributed by atoms with Crippen molar-refractivity contribution >= 4 is 34.9 Å². The molecular weight excluding hydrogens is 436 g/mol. The first kappa shape index (κ1) is 22.4. The summed E-state index contributed by atoms with van der Waals surface area (Å²) in [6, 6.07) is 23.6. The molecule has 8 heteroatoms. The van der Waals surface area contributed by atoms with E-state index >= 15 is 0 Å². The second kappa shape index (κ2) is 10.7. The van der Waals surface area contributed by atoms with Gasteiger partial charge in [-0.1, -0.05) is 60.3 Å². The van der Waals surface area contributed by atoms with Crippen LogP contribution >= 0.6 is 11.8 Å². The lowest BCUT2D eigenvalue weighted by molar-refractivity contribution is -0.118. The van der Waals surface area contributed by atoms with Gasteiger partial charge in [0.15, 0.2) is 16.7 Å². The summed E-state index contributed by atoms with van der Waals surface area (Å²) in [7, 11) is 3.13. The lowest BCUT2D eigenvalue weighted by Crippen LogP contribution is -2.20. The minimum absolute atomic E-state index is 0.185. The lowest BCUT2D eigenvalue weighted by atomic mass is 10.2. The maximum Gasteiger partial charge on any atom is 0.250 e. The Labute approximate surface area is 196 Å². The molecule has 1 N–H and O–H groups in total. The summed E-state index contributed by atoms with van der Waals surface area (Å²) >= 11 is 1.38. The predicted octanol–water partition coefficient (Wildman–Crippen LogP) is 4.34. The molecule has 3 aromatic carbocycles. The molecule has 4 aromatic rings. The molecule has 33 heavy (non-hydrogen) atoms. The van der Waals surface area contributed by atoms with E-state index in [0.29, 0.717) is 23.6 Å². The first-order valence-corrected chi connectivity index (χ1v) is 11.3. The van der Waals surface area contributed by atoms with Gasteiger partial charge in [0.2, 0.25) is 0 Å². The van der Waals surface area contributed by atoms with Gasteiger partial charge in [0, 0.05) is 5.56 Å². The van der Waals surface area contributed by atoms with Crippen LogP contribution in [0.15, 0.2) is 83.1 Å². The zero-order chi connectivity index (χ0) is 23.0. The van der Waals surface area contributed by atoms with Crippen LogP contribution in [0.4, 0.5) is 0 Å². The second-order valence-corrected chi connectivity index (χ2v) is 8.06. The van der Waals surface area contributed by atoms with E-state index in [1.807, 2.05) is 54.6 Å². The van der Waals surface area contributed by atoms with Crippen LogP contribution in [0, 0.1) is 0 Å². The molecule has 168 valence electrons. The fraction of sp³-hybridized carbons (Fsp3) is 0.160. The van der Waals surface area contributed by atoms with Crippen LogP contribution in [-0.2, 0) is 11.3 Å². The van der Waals surface area contributed by atoms with Crippen LogP contribution in [0.5, 0.6) is 11.5 Å². The Balaban J connectivity index is 1.44. The Hall–Kier alpha value is -3.78. The van der Waals surface area contributed by atoms with Crippen molar-refractivity contribution in [2.45, 2.75) is 11.7 Å². The first-order chi connectivity index (χ1) is 16.2. The molecule has 1 aromatic heterocycles. The van der Waals surface area contributed by atoms with Gasteiger partial charge in [0.25, 0.3) is 5.91 Å². The third-order valence-corrected chi connectivity index (χ3v) is 5.94. The van der Waals surface area contributed by atoms with E-state index in [4.69, 9.17) is 14.5 Å². The number of hydrogen-bond acceptors (Lipinski definition) is 6. The van der Waals surface area contributed by atoms with Crippen molar-refractivity contribution in [3.05, 3.63) is 83.9 Å². The average Bonchev–Trinajstić information content (AvgIpc) is 3.20. The van der Waals surface area contributed by atoms with Gasteiger partial charge >= 0.3 is 0 Å². The maximum atomic E-state index is 12.4. The number of thioether (sulfide) groups is 1. The van der Waals surface area contributed by atoms with Crippen LogP contribution in [0.3, 0.4) is 0 Å². The zero-order valence-electron chi connectivity index (χ0n) is 18.4. The number of carbonyl (C=O) groups is 1. The number of hydrogen-bond donors (Lipinski definition) is 1. The molecule has 0 radical (unpaired) electrons. The Morgan fingerprint density at radius 2 is 1.82 bits per heavy atom. The van der Waals surface area contributed by atoms with Gasteiger partial charge in [0.05, 0.1) is 43.8 Å². The monoisotopic (exact) mass is 460 g/mol. The number of rotatable bonds is 9. The Morgan fingerprint density at radius 1 is 1.03 bits per heavy atom. The summed E-state index contributed by atoms with van der Waals surface area (Å²) in [5, 5.41) is 4.86. The summed E-state index contributed by atoms with van der Waals surface area (Å²) in [6.45, 7) is 0.680. The van der Waals surface area contributed by atoms with Gasteiger partial charge in [0.1, 0.15) is 0 Å². The number of nitrogens with zero attached hydrogens (tertiary/aromatic N) is 3. The van der Waals surface area contributed by atoms with E-state index in [1.165, 1.54) is 23.5 Å². The van der Waals surface area contributed by atoms with Gasteiger partial charge in [-0.3, -0.25) is 4.79 Å². The molecule has 0 aliphatic heterocycles. The molecule has 1 heterocycles. The van der Waals surface area contributed by atoms with E-state index < -0.39 is 0 Å². The number of nitrogens with one attached hydrogen (secondary N) is 1. The summed E-state index contributed by atoms with van der Waals surface area (Å²) in [5.74, 6) is 1.11. The highest BCUT2D eigenvalue weighted by Gasteiger charge is 2.13. The minimum atomic E-state index is -0.226. The molecule has 0 atom stereocenters. The van der Waals surface area contributed by atoms with Crippen LogP contribution < -0.4 is 14.9 Å². The first-order valence-electron chi connectivity index (χ1n) is 10.3. The Bertz CT molecular complexity index is 1270. The van der Waals surface area contributed by atoms with Gasteiger partial charge in [-0.05, 0) is 29.8 Å². The maximum absolute atomic E-state index is 12.4. The SMILES string of the molecule is COc1cccc(C=NNC(=O)CSc2nc3ccccc3n2Cc2ccccc2)c1OC. The quantitative estimate of drug-likeness (QED) is 0.228. The molecule has 7 nitrogen and oxygen atoms in total.